The first-order valence-electron chi connectivity index (χ1n) is 10.2. The summed E-state index contributed by atoms with van der Waals surface area (Å²) >= 11 is 0. The van der Waals surface area contributed by atoms with Gasteiger partial charge in [0.2, 0.25) is 0 Å². The molecule has 1 aromatic carbocycles. The maximum atomic E-state index is 12.4. The summed E-state index contributed by atoms with van der Waals surface area (Å²) in [5.74, 6) is 0.0431. The number of aromatic nitrogens is 4. The average Bonchev–Trinajstić information content (AvgIpc) is 3.25. The number of carbonyl (C=O) groups is 1. The molecule has 4 aromatic rings. The molecule has 0 aliphatic rings. The third-order valence-corrected chi connectivity index (χ3v) is 5.18. The second-order valence-electron chi connectivity index (χ2n) is 7.08. The minimum absolute atomic E-state index is 0.0431. The Labute approximate surface area is 179 Å². The number of hydrogen-bond acceptors (Lipinski definition) is 4. The predicted molar refractivity (Wildman–Crippen MR) is 123 cm³/mol. The monoisotopic (exact) mass is 413 g/mol. The van der Waals surface area contributed by atoms with E-state index < -0.39 is 0 Å². The van der Waals surface area contributed by atoms with E-state index in [1.807, 2.05) is 62.4 Å². The topological polar surface area (TPSA) is 94.7 Å². The van der Waals surface area contributed by atoms with Crippen LogP contribution < -0.4 is 5.56 Å². The minimum atomic E-state index is -0.176. The fourth-order valence-electron chi connectivity index (χ4n) is 3.43. The summed E-state index contributed by atoms with van der Waals surface area (Å²) < 4.78 is 0. The van der Waals surface area contributed by atoms with Gasteiger partial charge < -0.3 is 14.9 Å². The number of nitrogens with one attached hydrogen (secondary N) is 2. The van der Waals surface area contributed by atoms with Crippen molar-refractivity contribution in [3.8, 4) is 11.3 Å². The first-order valence-corrected chi connectivity index (χ1v) is 10.2. The number of hydrogen-bond donors (Lipinski definition) is 2. The van der Waals surface area contributed by atoms with Crippen molar-refractivity contribution in [2.75, 3.05) is 13.1 Å². The SMILES string of the molecule is CCN(CC)C(=O)c1ccc(/C=C/c2cc(-c3cc4c(=O)[nH]cnc4[nH]3)ccn2)cc1. The van der Waals surface area contributed by atoms with Gasteiger partial charge in [-0.05, 0) is 55.8 Å². The van der Waals surface area contributed by atoms with Crippen LogP contribution in [0.15, 0.2) is 59.8 Å². The average molecular weight is 413 g/mol. The van der Waals surface area contributed by atoms with Crippen LogP contribution in [-0.4, -0.2) is 43.8 Å². The van der Waals surface area contributed by atoms with Gasteiger partial charge in [-0.25, -0.2) is 4.98 Å². The van der Waals surface area contributed by atoms with Crippen molar-refractivity contribution in [3.05, 3.63) is 82.2 Å². The molecule has 3 aromatic heterocycles. The van der Waals surface area contributed by atoms with E-state index in [4.69, 9.17) is 0 Å². The van der Waals surface area contributed by atoms with Gasteiger partial charge in [-0.15, -0.1) is 0 Å². The highest BCUT2D eigenvalue weighted by Gasteiger charge is 2.11. The molecule has 0 bridgehead atoms. The zero-order valence-corrected chi connectivity index (χ0v) is 17.4. The van der Waals surface area contributed by atoms with Gasteiger partial charge in [-0.1, -0.05) is 18.2 Å². The van der Waals surface area contributed by atoms with Crippen LogP contribution in [0.4, 0.5) is 0 Å². The Morgan fingerprint density at radius 1 is 1.03 bits per heavy atom. The Kier molecular flexibility index (Phi) is 5.75. The number of fused-ring (bicyclic) bond motifs is 1. The molecule has 7 nitrogen and oxygen atoms in total. The Hall–Kier alpha value is -4.00. The second kappa shape index (κ2) is 8.79. The summed E-state index contributed by atoms with van der Waals surface area (Å²) in [6.45, 7) is 5.34. The number of pyridine rings is 1. The number of nitrogens with zero attached hydrogens (tertiary/aromatic N) is 3. The maximum absolute atomic E-state index is 12.4. The highest BCUT2D eigenvalue weighted by molar-refractivity contribution is 5.94. The van der Waals surface area contributed by atoms with Crippen LogP contribution in [0, 0.1) is 0 Å². The standard InChI is InChI=1S/C24H23N5O2/c1-3-29(4-2)24(31)17-8-5-16(6-9-17)7-10-19-13-18(11-12-25-19)21-14-20-22(28-21)26-15-27-23(20)30/h5-15H,3-4H2,1-2H3,(H2,26,27,28,30)/b10-7+. The lowest BCUT2D eigenvalue weighted by Gasteiger charge is -2.18. The molecule has 0 spiro atoms. The molecule has 0 fully saturated rings. The number of aromatic amines is 2. The van der Waals surface area contributed by atoms with Crippen LogP contribution in [0.25, 0.3) is 34.4 Å². The second-order valence-corrected chi connectivity index (χ2v) is 7.08. The lowest BCUT2D eigenvalue weighted by atomic mass is 10.1. The molecule has 0 aliphatic heterocycles. The van der Waals surface area contributed by atoms with Gasteiger partial charge in [0.1, 0.15) is 5.65 Å². The molecular weight excluding hydrogens is 390 g/mol. The molecule has 0 atom stereocenters. The summed E-state index contributed by atoms with van der Waals surface area (Å²) in [5, 5.41) is 0.519. The van der Waals surface area contributed by atoms with Crippen LogP contribution in [-0.2, 0) is 0 Å². The fourth-order valence-corrected chi connectivity index (χ4v) is 3.43. The van der Waals surface area contributed by atoms with Crippen molar-refractivity contribution in [1.29, 1.82) is 0 Å². The molecule has 0 radical (unpaired) electrons. The molecule has 0 aliphatic carbocycles. The molecule has 1 amide bonds. The molecule has 3 heterocycles. The van der Waals surface area contributed by atoms with E-state index in [0.717, 1.165) is 22.5 Å². The van der Waals surface area contributed by atoms with Crippen LogP contribution in [0.1, 0.15) is 35.5 Å². The zero-order valence-electron chi connectivity index (χ0n) is 17.4. The van der Waals surface area contributed by atoms with Gasteiger partial charge >= 0.3 is 0 Å². The summed E-state index contributed by atoms with van der Waals surface area (Å²) in [7, 11) is 0. The van der Waals surface area contributed by atoms with E-state index in [1.54, 1.807) is 17.2 Å². The molecule has 2 N–H and O–H groups in total. The van der Waals surface area contributed by atoms with E-state index >= 15 is 0 Å². The molecule has 7 heteroatoms. The van der Waals surface area contributed by atoms with Crippen molar-refractivity contribution in [3.63, 3.8) is 0 Å². The quantitative estimate of drug-likeness (QED) is 0.500. The van der Waals surface area contributed by atoms with E-state index in [2.05, 4.69) is 19.9 Å². The summed E-state index contributed by atoms with van der Waals surface area (Å²) in [5.41, 5.74) is 4.52. The summed E-state index contributed by atoms with van der Waals surface area (Å²) in [6, 6.07) is 13.1. The van der Waals surface area contributed by atoms with Crippen molar-refractivity contribution in [2.24, 2.45) is 0 Å². The van der Waals surface area contributed by atoms with Crippen molar-refractivity contribution < 1.29 is 4.79 Å². The number of H-pyrrole nitrogens is 2. The molecule has 0 saturated carbocycles. The van der Waals surface area contributed by atoms with Gasteiger partial charge in [0.05, 0.1) is 17.4 Å². The van der Waals surface area contributed by atoms with Crippen LogP contribution >= 0.6 is 0 Å². The lowest BCUT2D eigenvalue weighted by Crippen LogP contribution is -2.30. The summed E-state index contributed by atoms with van der Waals surface area (Å²) in [6.07, 6.45) is 6.98. The molecule has 0 unspecified atom stereocenters. The van der Waals surface area contributed by atoms with Gasteiger partial charge in [0, 0.05) is 36.1 Å². The fraction of sp³-hybridized carbons (Fsp3) is 0.167. The van der Waals surface area contributed by atoms with Crippen molar-refractivity contribution >= 4 is 29.1 Å². The highest BCUT2D eigenvalue weighted by Crippen LogP contribution is 2.22. The third-order valence-electron chi connectivity index (χ3n) is 5.18. The molecule has 4 rings (SSSR count). The lowest BCUT2D eigenvalue weighted by molar-refractivity contribution is 0.0773. The van der Waals surface area contributed by atoms with E-state index in [-0.39, 0.29) is 11.5 Å². The van der Waals surface area contributed by atoms with E-state index in [1.165, 1.54) is 6.33 Å². The largest absolute Gasteiger partial charge is 0.339 e. The van der Waals surface area contributed by atoms with E-state index in [0.29, 0.717) is 29.7 Å². The molecule has 156 valence electrons. The number of carbonyl (C=O) groups excluding carboxylic acids is 1. The molecule has 0 saturated heterocycles. The Balaban J connectivity index is 1.54. The van der Waals surface area contributed by atoms with Crippen LogP contribution in [0.3, 0.4) is 0 Å². The van der Waals surface area contributed by atoms with E-state index in [9.17, 15) is 9.59 Å². The maximum Gasteiger partial charge on any atom is 0.260 e. The predicted octanol–water partition coefficient (Wildman–Crippen LogP) is 3.97. The smallest absolute Gasteiger partial charge is 0.260 e. The van der Waals surface area contributed by atoms with Gasteiger partial charge in [-0.2, -0.15) is 0 Å². The minimum Gasteiger partial charge on any atom is -0.339 e. The Morgan fingerprint density at radius 3 is 2.52 bits per heavy atom. The summed E-state index contributed by atoms with van der Waals surface area (Å²) in [4.78, 5) is 40.5. The number of rotatable bonds is 6. The zero-order chi connectivity index (χ0) is 21.8. The van der Waals surface area contributed by atoms with Crippen LogP contribution in [0.5, 0.6) is 0 Å². The molecule has 31 heavy (non-hydrogen) atoms. The van der Waals surface area contributed by atoms with Gasteiger partial charge in [-0.3, -0.25) is 14.6 Å². The molecular formula is C24H23N5O2. The number of benzene rings is 1. The van der Waals surface area contributed by atoms with Gasteiger partial charge in [0.15, 0.2) is 0 Å². The third kappa shape index (κ3) is 4.30. The van der Waals surface area contributed by atoms with Crippen LogP contribution in [0.2, 0.25) is 0 Å². The first-order chi connectivity index (χ1) is 15.1. The first kappa shape index (κ1) is 20.3. The van der Waals surface area contributed by atoms with Crippen molar-refractivity contribution in [2.45, 2.75) is 13.8 Å². The normalized spacial score (nSPS) is 11.3. The Morgan fingerprint density at radius 2 is 1.81 bits per heavy atom. The van der Waals surface area contributed by atoms with Gasteiger partial charge in [0.25, 0.3) is 11.5 Å². The van der Waals surface area contributed by atoms with Crippen molar-refractivity contribution in [1.82, 2.24) is 24.8 Å². The Bertz CT molecular complexity index is 1300. The number of amides is 1. The highest BCUT2D eigenvalue weighted by atomic mass is 16.2.